The van der Waals surface area contributed by atoms with E-state index in [-0.39, 0.29) is 43.3 Å². The standard InChI is InChI=1S/C22H10O6/c23-19-7-5-9-10(22(26)18-14-4-3-13(28-14)17(18)21(9)25)6-8(7)20(24)16-12-2-1-11(27-12)15(16)19/h1-6,11-14H/t11-,12+,13+,14-. The van der Waals surface area contributed by atoms with E-state index in [4.69, 9.17) is 9.47 Å². The number of ether oxygens (including phenoxy) is 2. The van der Waals surface area contributed by atoms with Crippen LogP contribution in [-0.4, -0.2) is 0 Å². The van der Waals surface area contributed by atoms with Gasteiger partial charge in [-0.3, -0.25) is 19.2 Å². The van der Waals surface area contributed by atoms with Crippen molar-refractivity contribution in [2.75, 3.05) is 0 Å². The Balaban J connectivity index is 1.69. The van der Waals surface area contributed by atoms with Crippen LogP contribution in [0.3, 0.4) is 0 Å². The van der Waals surface area contributed by atoms with E-state index in [2.05, 4.69) is 0 Å². The summed E-state index contributed by atoms with van der Waals surface area (Å²) in [5.74, 6) is 0. The van der Waals surface area contributed by atoms with E-state index in [1.165, 1.54) is 12.1 Å². The summed E-state index contributed by atoms with van der Waals surface area (Å²) >= 11 is 0. The Morgan fingerprint density at radius 1 is 0.464 bits per heavy atom. The van der Waals surface area contributed by atoms with E-state index in [1.807, 2.05) is 0 Å². The molecule has 0 N–H and O–H groups in total. The molecule has 0 saturated heterocycles. The molecule has 6 nitrogen and oxygen atoms in total. The molecule has 0 spiro atoms. The van der Waals surface area contributed by atoms with Gasteiger partial charge in [0.2, 0.25) is 0 Å². The summed E-state index contributed by atoms with van der Waals surface area (Å²) < 4.78 is 11.3. The summed E-state index contributed by atoms with van der Waals surface area (Å²) in [6.07, 6.45) is 5.00. The van der Waals surface area contributed by atoms with Crippen LogP contribution in [0.4, 0.5) is 0 Å². The van der Waals surface area contributed by atoms with Crippen molar-refractivity contribution in [3.8, 4) is 0 Å². The van der Waals surface area contributed by atoms with Gasteiger partial charge in [0, 0.05) is 43.8 Å². The third kappa shape index (κ3) is 1.43. The number of fused-ring (bicyclic) bond motifs is 12. The van der Waals surface area contributed by atoms with Crippen LogP contribution in [-0.2, 0) is 9.47 Å². The lowest BCUT2D eigenvalue weighted by Gasteiger charge is -2.10. The summed E-state index contributed by atoms with van der Waals surface area (Å²) in [6.45, 7) is 0. The Morgan fingerprint density at radius 3 is 0.964 bits per heavy atom. The highest BCUT2D eigenvalue weighted by molar-refractivity contribution is 5.99. The molecular weight excluding hydrogens is 360 g/mol. The second-order valence-corrected chi connectivity index (χ2v) is 7.64. The molecule has 4 atom stereocenters. The number of hydrogen-bond donors (Lipinski definition) is 0. The summed E-state index contributed by atoms with van der Waals surface area (Å²) in [5.41, 5.74) is 0.163. The normalized spacial score (nSPS) is 28.0. The van der Waals surface area contributed by atoms with E-state index >= 15 is 0 Å². The molecule has 6 heteroatoms. The first-order valence-corrected chi connectivity index (χ1v) is 9.07. The summed E-state index contributed by atoms with van der Waals surface area (Å²) in [5, 5.41) is 0.655. The molecule has 0 aromatic heterocycles. The zero-order chi connectivity index (χ0) is 18.9. The minimum absolute atomic E-state index is 0.164. The second-order valence-electron chi connectivity index (χ2n) is 7.64. The fourth-order valence-corrected chi connectivity index (χ4v) is 5.11. The van der Waals surface area contributed by atoms with Crippen molar-refractivity contribution >= 4 is 21.5 Å². The molecule has 0 amide bonds. The molecule has 7 rings (SSSR count). The third-order valence-electron chi connectivity index (χ3n) is 6.34. The van der Waals surface area contributed by atoms with Gasteiger partial charge < -0.3 is 9.47 Å². The van der Waals surface area contributed by atoms with Crippen LogP contribution in [0.5, 0.6) is 0 Å². The molecule has 4 bridgehead atoms. The lowest BCUT2D eigenvalue weighted by Crippen LogP contribution is -2.25. The Morgan fingerprint density at radius 2 is 0.714 bits per heavy atom. The fraction of sp³-hybridized carbons (Fsp3) is 0.182. The average Bonchev–Trinajstić information content (AvgIpc) is 3.48. The van der Waals surface area contributed by atoms with E-state index in [0.29, 0.717) is 22.3 Å². The van der Waals surface area contributed by atoms with Crippen molar-refractivity contribution in [1.29, 1.82) is 0 Å². The van der Waals surface area contributed by atoms with E-state index in [0.717, 1.165) is 0 Å². The van der Waals surface area contributed by atoms with Gasteiger partial charge in [-0.1, -0.05) is 24.3 Å². The largest absolute Gasteiger partial charge is 0.357 e. The predicted octanol–water partition coefficient (Wildman–Crippen LogP) is 1.67. The van der Waals surface area contributed by atoms with Gasteiger partial charge in [-0.15, -0.1) is 0 Å². The minimum atomic E-state index is -0.517. The second kappa shape index (κ2) is 4.43. The molecule has 0 unspecified atom stereocenters. The van der Waals surface area contributed by atoms with Gasteiger partial charge in [0.1, 0.15) is 24.4 Å². The van der Waals surface area contributed by atoms with Crippen molar-refractivity contribution in [2.24, 2.45) is 0 Å². The number of hydrogen-bond acceptors (Lipinski definition) is 6. The van der Waals surface area contributed by atoms with Crippen LogP contribution in [0.2, 0.25) is 0 Å². The molecule has 0 aliphatic carbocycles. The van der Waals surface area contributed by atoms with Crippen molar-refractivity contribution in [3.63, 3.8) is 0 Å². The lowest BCUT2D eigenvalue weighted by molar-refractivity contribution is 0.0872. The highest BCUT2D eigenvalue weighted by Gasteiger charge is 2.41. The molecule has 134 valence electrons. The SMILES string of the molecule is O=c1c2c(c(=O)c3cc4c(=O)c5c(c(=O)c4cc13)[C@H]1C=C[C@@H]5O1)[C@H]1C=C[C@@H]2O1. The maximum Gasteiger partial charge on any atom is 0.193 e. The van der Waals surface area contributed by atoms with Crippen molar-refractivity contribution in [2.45, 2.75) is 24.4 Å². The Kier molecular flexibility index (Phi) is 2.34. The van der Waals surface area contributed by atoms with Gasteiger partial charge in [-0.25, -0.2) is 0 Å². The smallest absolute Gasteiger partial charge is 0.193 e. The zero-order valence-corrected chi connectivity index (χ0v) is 14.2. The molecule has 4 heterocycles. The van der Waals surface area contributed by atoms with Crippen LogP contribution >= 0.6 is 0 Å². The summed E-state index contributed by atoms with van der Waals surface area (Å²) in [7, 11) is 0. The molecule has 0 fully saturated rings. The van der Waals surface area contributed by atoms with Crippen LogP contribution < -0.4 is 21.7 Å². The van der Waals surface area contributed by atoms with E-state index < -0.39 is 24.4 Å². The molecular formula is C22H10O6. The minimum Gasteiger partial charge on any atom is -0.357 e. The zero-order valence-electron chi connectivity index (χ0n) is 14.2. The van der Waals surface area contributed by atoms with Crippen LogP contribution in [0.25, 0.3) is 21.5 Å². The maximum absolute atomic E-state index is 13.1. The molecule has 4 aliphatic rings. The Labute approximate surface area is 155 Å². The highest BCUT2D eigenvalue weighted by atomic mass is 16.5. The van der Waals surface area contributed by atoms with Crippen molar-refractivity contribution in [1.82, 2.24) is 0 Å². The summed E-state index contributed by atoms with van der Waals surface area (Å²) in [6, 6.07) is 2.81. The van der Waals surface area contributed by atoms with Gasteiger partial charge in [0.15, 0.2) is 21.7 Å². The number of benzene rings is 3. The maximum atomic E-state index is 13.1. The molecule has 3 aromatic rings. The lowest BCUT2D eigenvalue weighted by atomic mass is 9.88. The Hall–Kier alpha value is -3.22. The van der Waals surface area contributed by atoms with E-state index in [1.54, 1.807) is 24.3 Å². The van der Waals surface area contributed by atoms with Crippen molar-refractivity contribution < 1.29 is 9.47 Å². The van der Waals surface area contributed by atoms with Crippen molar-refractivity contribution in [3.05, 3.63) is 99.6 Å². The first kappa shape index (κ1) is 14.8. The molecule has 3 aromatic carbocycles. The van der Waals surface area contributed by atoms with Gasteiger partial charge in [-0.05, 0) is 12.1 Å². The monoisotopic (exact) mass is 370 g/mol. The Bertz CT molecular complexity index is 1340. The van der Waals surface area contributed by atoms with Crippen LogP contribution in [0, 0.1) is 0 Å². The molecule has 4 aliphatic heterocycles. The predicted molar refractivity (Wildman–Crippen MR) is 100 cm³/mol. The number of rotatable bonds is 0. The molecule has 28 heavy (non-hydrogen) atoms. The first-order valence-electron chi connectivity index (χ1n) is 9.07. The van der Waals surface area contributed by atoms with Crippen LogP contribution in [0.15, 0.2) is 55.6 Å². The van der Waals surface area contributed by atoms with Gasteiger partial charge in [-0.2, -0.15) is 0 Å². The van der Waals surface area contributed by atoms with Gasteiger partial charge in [0.25, 0.3) is 0 Å². The van der Waals surface area contributed by atoms with Gasteiger partial charge >= 0.3 is 0 Å². The molecule has 0 radical (unpaired) electrons. The average molecular weight is 370 g/mol. The van der Waals surface area contributed by atoms with Crippen LogP contribution in [0.1, 0.15) is 46.7 Å². The fourth-order valence-electron chi connectivity index (χ4n) is 5.11. The summed E-state index contributed by atoms with van der Waals surface area (Å²) in [4.78, 5) is 52.4. The first-order chi connectivity index (χ1) is 13.5. The topological polar surface area (TPSA) is 86.7 Å². The highest BCUT2D eigenvalue weighted by Crippen LogP contribution is 2.44. The van der Waals surface area contributed by atoms with E-state index in [9.17, 15) is 19.2 Å². The van der Waals surface area contributed by atoms with Gasteiger partial charge in [0.05, 0.1) is 0 Å². The third-order valence-corrected chi connectivity index (χ3v) is 6.34. The molecule has 0 saturated carbocycles. The quantitative estimate of drug-likeness (QED) is 0.442.